The van der Waals surface area contributed by atoms with E-state index >= 15 is 0 Å². The molecule has 3 fully saturated rings. The molecular formula is C37H57N5O9S2. The fourth-order valence-electron chi connectivity index (χ4n) is 6.53. The van der Waals surface area contributed by atoms with Crippen LogP contribution in [0.5, 0.6) is 0 Å². The number of aliphatic hydroxyl groups excluding tert-OH is 1. The minimum Gasteiger partial charge on any atom is -0.469 e. The molecule has 5 heterocycles. The zero-order valence-corrected chi connectivity index (χ0v) is 34.1. The third-order valence-corrected chi connectivity index (χ3v) is 11.4. The summed E-state index contributed by atoms with van der Waals surface area (Å²) in [6, 6.07) is -0.0318. The van der Waals surface area contributed by atoms with E-state index in [-0.39, 0.29) is 36.7 Å². The molecule has 3 aliphatic rings. The number of thiazole rings is 2. The molecule has 0 aromatic carbocycles. The number of carbonyl (C=O) groups excluding carboxylic acids is 4. The van der Waals surface area contributed by atoms with Gasteiger partial charge in [-0.05, 0) is 86.7 Å². The Morgan fingerprint density at radius 2 is 1.19 bits per heavy atom. The second-order valence-corrected chi connectivity index (χ2v) is 17.9. The van der Waals surface area contributed by atoms with Crippen molar-refractivity contribution in [1.29, 1.82) is 0 Å². The van der Waals surface area contributed by atoms with Crippen LogP contribution in [0.2, 0.25) is 0 Å². The number of hydrogen-bond donors (Lipinski definition) is 1. The van der Waals surface area contributed by atoms with Gasteiger partial charge >= 0.3 is 24.1 Å². The van der Waals surface area contributed by atoms with Crippen molar-refractivity contribution in [1.82, 2.24) is 24.7 Å². The summed E-state index contributed by atoms with van der Waals surface area (Å²) in [7, 11) is 2.76. The maximum atomic E-state index is 12.9. The average Bonchev–Trinajstić information content (AvgIpc) is 3.91. The van der Waals surface area contributed by atoms with E-state index < -0.39 is 23.4 Å². The molecule has 0 saturated carbocycles. The van der Waals surface area contributed by atoms with Crippen LogP contribution in [0.1, 0.15) is 118 Å². The van der Waals surface area contributed by atoms with Crippen LogP contribution in [0, 0.1) is 0 Å². The molecule has 0 bridgehead atoms. The number of methoxy groups -OCH3 is 2. The van der Waals surface area contributed by atoms with Gasteiger partial charge in [0.05, 0.1) is 51.8 Å². The van der Waals surface area contributed by atoms with Crippen LogP contribution in [0.4, 0.5) is 9.59 Å². The molecule has 2 aromatic rings. The van der Waals surface area contributed by atoms with Gasteiger partial charge in [-0.25, -0.2) is 19.6 Å². The number of aryl methyl sites for hydroxylation is 2. The molecule has 2 aromatic heterocycles. The SMILES string of the molecule is COC(=O)CCc1cnc([C@@H]2C[C@@H](O)CN2C(=O)OC(C)(C)C)s1.COC(=O)CCc1cnc([C@@H]2C[C@H](N3CCCCC3)CN2C(=O)OC(C)(C)C)s1. The van der Waals surface area contributed by atoms with Crippen molar-refractivity contribution in [3.63, 3.8) is 0 Å². The Hall–Kier alpha value is -3.34. The molecule has 296 valence electrons. The lowest BCUT2D eigenvalue weighted by Gasteiger charge is -2.32. The maximum Gasteiger partial charge on any atom is 0.410 e. The summed E-state index contributed by atoms with van der Waals surface area (Å²) in [5, 5.41) is 11.6. The van der Waals surface area contributed by atoms with Crippen LogP contribution in [0.25, 0.3) is 0 Å². The van der Waals surface area contributed by atoms with Gasteiger partial charge in [0.25, 0.3) is 0 Å². The number of aromatic nitrogens is 2. The lowest BCUT2D eigenvalue weighted by Crippen LogP contribution is -2.42. The van der Waals surface area contributed by atoms with Gasteiger partial charge in [0.15, 0.2) is 0 Å². The molecule has 3 aliphatic heterocycles. The number of rotatable bonds is 9. The molecule has 16 heteroatoms. The molecule has 53 heavy (non-hydrogen) atoms. The number of ether oxygens (including phenoxy) is 4. The summed E-state index contributed by atoms with van der Waals surface area (Å²) in [6.07, 6.45) is 9.07. The number of esters is 2. The minimum absolute atomic E-state index is 0.0753. The molecule has 2 amide bonds. The first-order valence-electron chi connectivity index (χ1n) is 18.4. The molecule has 0 unspecified atom stereocenters. The predicted molar refractivity (Wildman–Crippen MR) is 201 cm³/mol. The Labute approximate surface area is 321 Å². The predicted octanol–water partition coefficient (Wildman–Crippen LogP) is 6.08. The van der Waals surface area contributed by atoms with Crippen LogP contribution in [0.3, 0.4) is 0 Å². The van der Waals surface area contributed by atoms with Crippen LogP contribution >= 0.6 is 22.7 Å². The van der Waals surface area contributed by atoms with Gasteiger partial charge in [0.2, 0.25) is 0 Å². The van der Waals surface area contributed by atoms with E-state index in [2.05, 4.69) is 19.6 Å². The van der Waals surface area contributed by atoms with E-state index in [0.29, 0.717) is 44.7 Å². The van der Waals surface area contributed by atoms with E-state index in [0.717, 1.165) is 39.3 Å². The molecule has 0 radical (unpaired) electrons. The van der Waals surface area contributed by atoms with E-state index in [1.54, 1.807) is 38.3 Å². The fourth-order valence-corrected chi connectivity index (χ4v) is 8.61. The number of aliphatic hydroxyl groups is 1. The monoisotopic (exact) mass is 779 g/mol. The number of likely N-dealkylation sites (tertiary alicyclic amines) is 3. The number of amides is 2. The van der Waals surface area contributed by atoms with E-state index in [4.69, 9.17) is 14.2 Å². The Morgan fingerprint density at radius 1 is 0.736 bits per heavy atom. The average molecular weight is 780 g/mol. The summed E-state index contributed by atoms with van der Waals surface area (Å²) in [4.78, 5) is 64.8. The molecule has 3 saturated heterocycles. The lowest BCUT2D eigenvalue weighted by molar-refractivity contribution is -0.141. The standard InChI is InChI=1S/C21H33N3O4S.C16H24N2O5S/c1-21(2,3)28-20(26)24-14-15(23-10-6-5-7-11-23)12-17(24)19-22-13-16(29-19)8-9-18(25)27-4;1-16(2,3)23-15(21)18-9-10(19)7-12(18)14-17-8-11(24-14)5-6-13(20)22-4/h13,15,17H,5-12,14H2,1-4H3;8,10,12,19H,5-7,9H2,1-4H3/t15-,17-;10-,12+/m01/s1. The Balaban J connectivity index is 0.000000241. The number of hydrogen-bond acceptors (Lipinski definition) is 14. The van der Waals surface area contributed by atoms with Gasteiger partial charge in [0.1, 0.15) is 21.2 Å². The molecule has 0 aliphatic carbocycles. The van der Waals surface area contributed by atoms with Crippen molar-refractivity contribution in [2.24, 2.45) is 0 Å². The highest BCUT2D eigenvalue weighted by Gasteiger charge is 2.42. The van der Waals surface area contributed by atoms with E-state index in [1.807, 2.05) is 31.9 Å². The van der Waals surface area contributed by atoms with Crippen molar-refractivity contribution in [3.05, 3.63) is 32.2 Å². The van der Waals surface area contributed by atoms with Crippen molar-refractivity contribution in [2.45, 2.75) is 135 Å². The van der Waals surface area contributed by atoms with Crippen molar-refractivity contribution >= 4 is 46.8 Å². The molecule has 1 N–H and O–H groups in total. The van der Waals surface area contributed by atoms with Gasteiger partial charge in [0, 0.05) is 41.2 Å². The van der Waals surface area contributed by atoms with Gasteiger partial charge in [-0.3, -0.25) is 24.3 Å². The van der Waals surface area contributed by atoms with Gasteiger partial charge in [-0.15, -0.1) is 22.7 Å². The highest BCUT2D eigenvalue weighted by Crippen LogP contribution is 2.39. The largest absolute Gasteiger partial charge is 0.469 e. The highest BCUT2D eigenvalue weighted by molar-refractivity contribution is 7.12. The second-order valence-electron chi connectivity index (χ2n) is 15.7. The Kier molecular flexibility index (Phi) is 15.0. The summed E-state index contributed by atoms with van der Waals surface area (Å²) in [5.41, 5.74) is -1.12. The van der Waals surface area contributed by atoms with Crippen LogP contribution in [-0.4, -0.2) is 118 Å². The van der Waals surface area contributed by atoms with Crippen LogP contribution < -0.4 is 0 Å². The summed E-state index contributed by atoms with van der Waals surface area (Å²) in [5.74, 6) is -0.488. The normalized spacial score (nSPS) is 22.2. The van der Waals surface area contributed by atoms with Crippen molar-refractivity contribution in [3.8, 4) is 0 Å². The number of piperidine rings is 1. The fraction of sp³-hybridized carbons (Fsp3) is 0.730. The Morgan fingerprint density at radius 3 is 1.64 bits per heavy atom. The molecule has 5 rings (SSSR count). The van der Waals surface area contributed by atoms with Crippen LogP contribution in [-0.2, 0) is 41.4 Å². The first kappa shape index (κ1) is 42.4. The van der Waals surface area contributed by atoms with Gasteiger partial charge < -0.3 is 24.1 Å². The molecular weight excluding hydrogens is 723 g/mol. The number of β-amino-alcohol motifs (C(OH)–C–C–N with tert-alkyl or cyclic N) is 1. The van der Waals surface area contributed by atoms with Gasteiger partial charge in [-0.1, -0.05) is 6.42 Å². The first-order valence-corrected chi connectivity index (χ1v) is 20.0. The maximum absolute atomic E-state index is 12.9. The summed E-state index contributed by atoms with van der Waals surface area (Å²) >= 11 is 3.03. The quantitative estimate of drug-likeness (QED) is 0.231. The second kappa shape index (κ2) is 18.8. The van der Waals surface area contributed by atoms with E-state index in [9.17, 15) is 24.3 Å². The molecule has 4 atom stereocenters. The molecule has 0 spiro atoms. The topological polar surface area (TPSA) is 161 Å². The Bertz CT molecular complexity index is 1530. The summed E-state index contributed by atoms with van der Waals surface area (Å²) < 4.78 is 20.5. The highest BCUT2D eigenvalue weighted by atomic mass is 32.1. The van der Waals surface area contributed by atoms with Crippen molar-refractivity contribution < 1.29 is 43.2 Å². The van der Waals surface area contributed by atoms with E-state index in [1.165, 1.54) is 49.7 Å². The van der Waals surface area contributed by atoms with Crippen molar-refractivity contribution in [2.75, 3.05) is 40.4 Å². The minimum atomic E-state index is -0.594. The van der Waals surface area contributed by atoms with Gasteiger partial charge in [-0.2, -0.15) is 0 Å². The smallest absolute Gasteiger partial charge is 0.410 e. The third-order valence-electron chi connectivity index (χ3n) is 9.04. The number of carbonyl (C=O) groups is 4. The third kappa shape index (κ3) is 12.9. The lowest BCUT2D eigenvalue weighted by atomic mass is 10.1. The zero-order valence-electron chi connectivity index (χ0n) is 32.4. The summed E-state index contributed by atoms with van der Waals surface area (Å²) in [6.45, 7) is 14.2. The first-order chi connectivity index (χ1) is 25.0. The zero-order chi connectivity index (χ0) is 38.9. The van der Waals surface area contributed by atoms with Crippen LogP contribution in [0.15, 0.2) is 12.4 Å². The number of nitrogens with zero attached hydrogens (tertiary/aromatic N) is 5. The molecule has 14 nitrogen and oxygen atoms in total.